The summed E-state index contributed by atoms with van der Waals surface area (Å²) in [5.41, 5.74) is 3.17. The number of rotatable bonds is 12. The van der Waals surface area contributed by atoms with E-state index in [-0.39, 0.29) is 23.7 Å². The summed E-state index contributed by atoms with van der Waals surface area (Å²) >= 11 is 0. The molecule has 5 rings (SSSR count). The van der Waals surface area contributed by atoms with E-state index in [0.717, 1.165) is 6.42 Å². The first kappa shape index (κ1) is 35.8. The highest BCUT2D eigenvalue weighted by atomic mass is 19.1. The Hall–Kier alpha value is -4.64. The van der Waals surface area contributed by atoms with E-state index in [1.807, 2.05) is 68.4 Å². The number of hydrogen-bond donors (Lipinski definition) is 0. The molecule has 0 atom stereocenters. The van der Waals surface area contributed by atoms with Crippen molar-refractivity contribution < 1.29 is 42.6 Å². The molecular formula is C36H39BF2N2O5. The number of hydrogen-bond acceptors (Lipinski definition) is 5. The number of aromatic nitrogens is 2. The molecular weight excluding hydrogens is 589 g/mol. The molecule has 0 amide bonds. The molecule has 2 heterocycles. The summed E-state index contributed by atoms with van der Waals surface area (Å²) in [5, 5.41) is 21.4. The first-order valence-corrected chi connectivity index (χ1v) is 15.1. The minimum atomic E-state index is -2.23. The highest BCUT2D eigenvalue weighted by molar-refractivity contribution is 6.28. The molecule has 240 valence electrons. The van der Waals surface area contributed by atoms with Crippen molar-refractivity contribution in [2.45, 2.75) is 32.1 Å². The van der Waals surface area contributed by atoms with Gasteiger partial charge in [-0.3, -0.25) is 9.68 Å². The van der Waals surface area contributed by atoms with E-state index in [0.29, 0.717) is 19.6 Å². The second-order valence-corrected chi connectivity index (χ2v) is 9.85. The SMILES string of the molecule is CCO[n+]1ccc(F)cc1.CCO[n+]1ccc(F)cc1.[O-]B([O-])OCCCC(c1ccccc1)(c1ccccc1)c1ccccc1. The van der Waals surface area contributed by atoms with Gasteiger partial charge in [0.15, 0.2) is 13.2 Å². The summed E-state index contributed by atoms with van der Waals surface area (Å²) in [6.07, 6.45) is 7.45. The first-order valence-electron chi connectivity index (χ1n) is 15.1. The van der Waals surface area contributed by atoms with Crippen molar-refractivity contribution in [2.24, 2.45) is 0 Å². The second kappa shape index (κ2) is 19.7. The summed E-state index contributed by atoms with van der Waals surface area (Å²) in [4.78, 5) is 10.0. The predicted molar refractivity (Wildman–Crippen MR) is 168 cm³/mol. The maximum absolute atomic E-state index is 12.3. The van der Waals surface area contributed by atoms with Gasteiger partial charge in [0.2, 0.25) is 24.8 Å². The van der Waals surface area contributed by atoms with Gasteiger partial charge in [-0.05, 0) is 43.4 Å². The highest BCUT2D eigenvalue weighted by Crippen LogP contribution is 2.42. The fourth-order valence-electron chi connectivity index (χ4n) is 4.88. The topological polar surface area (TPSA) is 81.6 Å². The molecule has 5 aromatic rings. The van der Waals surface area contributed by atoms with Gasteiger partial charge < -0.3 is 14.7 Å². The van der Waals surface area contributed by atoms with E-state index in [1.165, 1.54) is 75.2 Å². The van der Waals surface area contributed by atoms with Gasteiger partial charge >= 0.3 is 0 Å². The molecule has 46 heavy (non-hydrogen) atoms. The van der Waals surface area contributed by atoms with E-state index in [2.05, 4.69) is 36.4 Å². The third kappa shape index (κ3) is 11.4. The lowest BCUT2D eigenvalue weighted by Crippen LogP contribution is -2.48. The maximum atomic E-state index is 12.3. The molecule has 0 aliphatic carbocycles. The van der Waals surface area contributed by atoms with Crippen LogP contribution in [0, 0.1) is 11.6 Å². The van der Waals surface area contributed by atoms with E-state index in [4.69, 9.17) is 14.3 Å². The maximum Gasteiger partial charge on any atom is 0.225 e. The molecule has 0 aliphatic heterocycles. The third-order valence-corrected chi connectivity index (χ3v) is 6.83. The number of nitrogens with zero attached hydrogens (tertiary/aromatic N) is 2. The summed E-state index contributed by atoms with van der Waals surface area (Å²) in [6.45, 7) is 5.06. The first-order chi connectivity index (χ1) is 22.4. The van der Waals surface area contributed by atoms with Gasteiger partial charge in [-0.1, -0.05) is 91.0 Å². The molecule has 0 saturated heterocycles. The van der Waals surface area contributed by atoms with Crippen LogP contribution in [0.4, 0.5) is 8.78 Å². The van der Waals surface area contributed by atoms with Crippen LogP contribution in [-0.4, -0.2) is 27.1 Å². The third-order valence-electron chi connectivity index (χ3n) is 6.83. The quantitative estimate of drug-likeness (QED) is 0.0913. The number of halogens is 2. The predicted octanol–water partition coefficient (Wildman–Crippen LogP) is 3.65. The minimum Gasteiger partial charge on any atom is -0.871 e. The van der Waals surface area contributed by atoms with Gasteiger partial charge in [0.25, 0.3) is 0 Å². The molecule has 2 aromatic heterocycles. The van der Waals surface area contributed by atoms with Crippen LogP contribution >= 0.6 is 0 Å². The van der Waals surface area contributed by atoms with E-state index < -0.39 is 7.32 Å². The fourth-order valence-corrected chi connectivity index (χ4v) is 4.88. The smallest absolute Gasteiger partial charge is 0.225 e. The molecule has 3 aromatic carbocycles. The Morgan fingerprint density at radius 3 is 1.24 bits per heavy atom. The summed E-state index contributed by atoms with van der Waals surface area (Å²) in [7, 11) is -2.23. The molecule has 0 bridgehead atoms. The molecule has 0 fully saturated rings. The van der Waals surface area contributed by atoms with Crippen molar-refractivity contribution in [1.29, 1.82) is 0 Å². The lowest BCUT2D eigenvalue weighted by Gasteiger charge is -2.37. The standard InChI is InChI=1S/C22H21BO3.2C7H9FNO/c24-23(25)26-18-10-17-22(19-11-4-1-5-12-19,20-13-6-2-7-14-20)21-15-8-3-9-16-21;2*1-2-10-9-5-3-7(8)4-6-9/h1-9,11-16H,10,17-18H2;2*3-6H,2H2,1H3/q-2;2*+1. The average molecular weight is 629 g/mol. The second-order valence-electron chi connectivity index (χ2n) is 9.85. The molecule has 7 nitrogen and oxygen atoms in total. The Morgan fingerprint density at radius 2 is 0.935 bits per heavy atom. The van der Waals surface area contributed by atoms with Crippen molar-refractivity contribution in [3.8, 4) is 0 Å². The van der Waals surface area contributed by atoms with Crippen LogP contribution in [0.3, 0.4) is 0 Å². The van der Waals surface area contributed by atoms with Gasteiger partial charge in [-0.2, -0.15) is 0 Å². The molecule has 0 saturated carbocycles. The largest absolute Gasteiger partial charge is 0.871 e. The van der Waals surface area contributed by atoms with Crippen molar-refractivity contribution >= 4 is 7.32 Å². The number of pyridine rings is 2. The molecule has 0 radical (unpaired) electrons. The van der Waals surface area contributed by atoms with Crippen molar-refractivity contribution in [3.63, 3.8) is 0 Å². The van der Waals surface area contributed by atoms with Crippen LogP contribution < -0.4 is 29.2 Å². The normalized spacial score (nSPS) is 10.5. The lowest BCUT2D eigenvalue weighted by molar-refractivity contribution is -0.891. The van der Waals surface area contributed by atoms with Gasteiger partial charge in [0.1, 0.15) is 11.6 Å². The van der Waals surface area contributed by atoms with Crippen molar-refractivity contribution in [1.82, 2.24) is 0 Å². The van der Waals surface area contributed by atoms with Gasteiger partial charge in [0.05, 0.1) is 7.32 Å². The van der Waals surface area contributed by atoms with Gasteiger partial charge in [0, 0.05) is 45.7 Å². The van der Waals surface area contributed by atoms with Crippen LogP contribution in [0.2, 0.25) is 0 Å². The minimum absolute atomic E-state index is 0.159. The average Bonchev–Trinajstić information content (AvgIpc) is 3.09. The monoisotopic (exact) mass is 628 g/mol. The summed E-state index contributed by atoms with van der Waals surface area (Å²) in [6, 6.07) is 36.4. The lowest BCUT2D eigenvalue weighted by atomic mass is 9.67. The Morgan fingerprint density at radius 1 is 0.587 bits per heavy atom. The van der Waals surface area contributed by atoms with E-state index in [9.17, 15) is 18.8 Å². The van der Waals surface area contributed by atoms with Crippen LogP contribution in [0.15, 0.2) is 140 Å². The Balaban J connectivity index is 0.000000235. The van der Waals surface area contributed by atoms with Crippen LogP contribution in [0.1, 0.15) is 43.4 Å². The van der Waals surface area contributed by atoms with Crippen LogP contribution in [-0.2, 0) is 10.1 Å². The summed E-state index contributed by atoms with van der Waals surface area (Å²) < 4.78 is 32.2. The van der Waals surface area contributed by atoms with Crippen LogP contribution in [0.5, 0.6) is 0 Å². The summed E-state index contributed by atoms with van der Waals surface area (Å²) in [5.74, 6) is -0.507. The van der Waals surface area contributed by atoms with Gasteiger partial charge in [-0.15, -0.1) is 0 Å². The van der Waals surface area contributed by atoms with E-state index >= 15 is 0 Å². The Labute approximate surface area is 270 Å². The van der Waals surface area contributed by atoms with Gasteiger partial charge in [-0.25, -0.2) is 8.78 Å². The molecule has 0 spiro atoms. The Bertz CT molecular complexity index is 1360. The zero-order valence-corrected chi connectivity index (χ0v) is 26.1. The molecule has 10 heteroatoms. The molecule has 0 N–H and O–H groups in total. The van der Waals surface area contributed by atoms with E-state index in [1.54, 1.807) is 0 Å². The van der Waals surface area contributed by atoms with Crippen molar-refractivity contribution in [3.05, 3.63) is 168 Å². The fraction of sp³-hybridized carbons (Fsp3) is 0.222. The number of benzene rings is 3. The molecule has 0 aliphatic rings. The highest BCUT2D eigenvalue weighted by Gasteiger charge is 2.35. The molecule has 0 unspecified atom stereocenters. The van der Waals surface area contributed by atoms with Crippen LogP contribution in [0.25, 0.3) is 0 Å². The Kier molecular flexibility index (Phi) is 15.3. The zero-order valence-electron chi connectivity index (χ0n) is 26.1. The zero-order chi connectivity index (χ0) is 33.0. The van der Waals surface area contributed by atoms with Crippen molar-refractivity contribution in [2.75, 3.05) is 19.8 Å².